The van der Waals surface area contributed by atoms with Crippen molar-refractivity contribution in [2.24, 2.45) is 0 Å². The van der Waals surface area contributed by atoms with Crippen LogP contribution in [-0.2, 0) is 6.42 Å². The Morgan fingerprint density at radius 2 is 1.46 bits per heavy atom. The molecule has 128 valence electrons. The van der Waals surface area contributed by atoms with E-state index in [0.717, 1.165) is 0 Å². The van der Waals surface area contributed by atoms with E-state index in [-0.39, 0.29) is 0 Å². The van der Waals surface area contributed by atoms with Crippen LogP contribution in [0.5, 0.6) is 0 Å². The molecule has 0 saturated carbocycles. The molecule has 0 saturated heterocycles. The van der Waals surface area contributed by atoms with Crippen LogP contribution >= 0.6 is 11.8 Å². The van der Waals surface area contributed by atoms with Gasteiger partial charge in [-0.15, -0.1) is 0 Å². The van der Waals surface area contributed by atoms with Crippen molar-refractivity contribution in [2.45, 2.75) is 74.5 Å². The highest BCUT2D eigenvalue weighted by Crippen LogP contribution is 2.44. The van der Waals surface area contributed by atoms with Gasteiger partial charge in [-0.3, -0.25) is 0 Å². The molecule has 0 aromatic heterocycles. The third-order valence-electron chi connectivity index (χ3n) is 4.74. The van der Waals surface area contributed by atoms with Crippen LogP contribution in [0.2, 0.25) is 0 Å². The van der Waals surface area contributed by atoms with E-state index in [1.165, 1.54) is 84.5 Å². The maximum atomic E-state index is 3.59. The van der Waals surface area contributed by atoms with Gasteiger partial charge < -0.3 is 5.32 Å². The second-order valence-electron chi connectivity index (χ2n) is 6.78. The Kier molecular flexibility index (Phi) is 6.66. The molecule has 0 fully saturated rings. The Bertz CT molecular complexity index is 650. The van der Waals surface area contributed by atoms with Crippen LogP contribution in [-0.4, -0.2) is 0 Å². The van der Waals surface area contributed by atoms with Crippen molar-refractivity contribution in [3.8, 4) is 0 Å². The van der Waals surface area contributed by atoms with Crippen LogP contribution in [0.1, 0.15) is 63.9 Å². The molecule has 0 bridgehead atoms. The van der Waals surface area contributed by atoms with Crippen LogP contribution < -0.4 is 5.32 Å². The van der Waals surface area contributed by atoms with Crippen molar-refractivity contribution in [1.29, 1.82) is 0 Å². The summed E-state index contributed by atoms with van der Waals surface area (Å²) >= 11 is 1.87. The lowest BCUT2D eigenvalue weighted by Crippen LogP contribution is -2.00. The van der Waals surface area contributed by atoms with Gasteiger partial charge in [0.2, 0.25) is 0 Å². The molecule has 0 atom stereocenters. The second-order valence-corrected chi connectivity index (χ2v) is 7.86. The fourth-order valence-electron chi connectivity index (χ4n) is 3.30. The van der Waals surface area contributed by atoms with E-state index in [9.17, 15) is 0 Å². The lowest BCUT2D eigenvalue weighted by Gasteiger charge is -2.21. The van der Waals surface area contributed by atoms with Crippen LogP contribution in [0, 0.1) is 0 Å². The second kappa shape index (κ2) is 9.17. The van der Waals surface area contributed by atoms with Crippen LogP contribution in [0.15, 0.2) is 52.3 Å². The smallest absolute Gasteiger partial charge is 0.0529 e. The number of hydrogen-bond acceptors (Lipinski definition) is 2. The highest BCUT2D eigenvalue weighted by molar-refractivity contribution is 7.99. The Morgan fingerprint density at radius 1 is 0.750 bits per heavy atom. The van der Waals surface area contributed by atoms with Crippen molar-refractivity contribution in [3.63, 3.8) is 0 Å². The molecule has 1 nitrogen and oxygen atoms in total. The van der Waals surface area contributed by atoms with E-state index in [4.69, 9.17) is 0 Å². The molecular weight excluding hydrogens is 310 g/mol. The zero-order chi connectivity index (χ0) is 16.6. The minimum atomic E-state index is 1.20. The number of para-hydroxylation sites is 1. The van der Waals surface area contributed by atoms with Crippen molar-refractivity contribution in [2.75, 3.05) is 5.32 Å². The van der Waals surface area contributed by atoms with Gasteiger partial charge in [-0.05, 0) is 42.7 Å². The van der Waals surface area contributed by atoms with Crippen LogP contribution in [0.25, 0.3) is 0 Å². The summed E-state index contributed by atoms with van der Waals surface area (Å²) in [4.78, 5) is 2.66. The van der Waals surface area contributed by atoms with Gasteiger partial charge in [0.15, 0.2) is 0 Å². The van der Waals surface area contributed by atoms with E-state index >= 15 is 0 Å². The van der Waals surface area contributed by atoms with Crippen LogP contribution in [0.3, 0.4) is 0 Å². The first-order chi connectivity index (χ1) is 11.9. The zero-order valence-corrected chi connectivity index (χ0v) is 15.6. The molecule has 2 aromatic carbocycles. The highest BCUT2D eigenvalue weighted by atomic mass is 32.2. The van der Waals surface area contributed by atoms with E-state index in [0.29, 0.717) is 0 Å². The Balaban J connectivity index is 1.44. The van der Waals surface area contributed by atoms with E-state index in [1.54, 1.807) is 0 Å². The van der Waals surface area contributed by atoms with Gasteiger partial charge in [-0.25, -0.2) is 0 Å². The topological polar surface area (TPSA) is 12.0 Å². The van der Waals surface area contributed by atoms with Gasteiger partial charge in [0.1, 0.15) is 0 Å². The summed E-state index contributed by atoms with van der Waals surface area (Å²) in [7, 11) is 0. The molecule has 24 heavy (non-hydrogen) atoms. The number of anilines is 2. The largest absolute Gasteiger partial charge is 0.354 e. The number of nitrogens with one attached hydrogen (secondary N) is 1. The van der Waals surface area contributed by atoms with Gasteiger partial charge in [0.05, 0.1) is 11.4 Å². The van der Waals surface area contributed by atoms with Crippen molar-refractivity contribution < 1.29 is 0 Å². The van der Waals surface area contributed by atoms with Gasteiger partial charge in [-0.2, -0.15) is 0 Å². The van der Waals surface area contributed by atoms with Crippen molar-refractivity contribution in [1.82, 2.24) is 0 Å². The average molecular weight is 340 g/mol. The number of unbranched alkanes of at least 4 members (excludes halogenated alkanes) is 7. The summed E-state index contributed by atoms with van der Waals surface area (Å²) in [6.45, 7) is 2.28. The van der Waals surface area contributed by atoms with Gasteiger partial charge in [-0.1, -0.05) is 81.8 Å². The minimum absolute atomic E-state index is 1.20. The molecule has 1 N–H and O–H groups in total. The molecule has 0 aliphatic carbocycles. The van der Waals surface area contributed by atoms with Gasteiger partial charge >= 0.3 is 0 Å². The SMILES string of the molecule is CCCCCCCCCCc1ccc2c(c1)Nc1ccccc1S2. The fraction of sp³-hybridized carbons (Fsp3) is 0.455. The average Bonchev–Trinajstić information content (AvgIpc) is 2.62. The lowest BCUT2D eigenvalue weighted by molar-refractivity contribution is 0.575. The molecular formula is C22H29NS. The molecule has 1 aliphatic rings. The highest BCUT2D eigenvalue weighted by Gasteiger charge is 2.15. The number of fused-ring (bicyclic) bond motifs is 2. The van der Waals surface area contributed by atoms with Crippen molar-refractivity contribution >= 4 is 23.1 Å². The summed E-state index contributed by atoms with van der Waals surface area (Å²) in [5.41, 5.74) is 3.97. The van der Waals surface area contributed by atoms with Gasteiger partial charge in [0.25, 0.3) is 0 Å². The predicted octanol–water partition coefficient (Wildman–Crippen LogP) is 7.58. The zero-order valence-electron chi connectivity index (χ0n) is 14.8. The molecule has 1 aliphatic heterocycles. The monoisotopic (exact) mass is 339 g/mol. The summed E-state index contributed by atoms with van der Waals surface area (Å²) in [5.74, 6) is 0. The Morgan fingerprint density at radius 3 is 2.29 bits per heavy atom. The standard InChI is InChI=1S/C22H29NS/c1-2-3-4-5-6-7-8-9-12-18-15-16-22-20(17-18)23-19-13-10-11-14-21(19)24-22/h10-11,13-17,23H,2-9,12H2,1H3. The molecule has 2 heteroatoms. The number of benzene rings is 2. The summed E-state index contributed by atoms with van der Waals surface area (Å²) in [5, 5.41) is 3.59. The Labute approximate surface area is 151 Å². The molecule has 0 amide bonds. The fourth-order valence-corrected chi connectivity index (χ4v) is 4.27. The summed E-state index contributed by atoms with van der Waals surface area (Å²) in [6.07, 6.45) is 12.3. The third-order valence-corrected chi connectivity index (χ3v) is 5.89. The molecule has 0 unspecified atom stereocenters. The summed E-state index contributed by atoms with van der Waals surface area (Å²) < 4.78 is 0. The molecule has 3 rings (SSSR count). The summed E-state index contributed by atoms with van der Waals surface area (Å²) in [6, 6.07) is 15.5. The normalized spacial score (nSPS) is 12.4. The number of hydrogen-bond donors (Lipinski definition) is 1. The molecule has 2 aromatic rings. The Hall–Kier alpha value is -1.41. The quantitative estimate of drug-likeness (QED) is 0.403. The molecule has 0 radical (unpaired) electrons. The van der Waals surface area contributed by atoms with Crippen molar-refractivity contribution in [3.05, 3.63) is 48.0 Å². The maximum absolute atomic E-state index is 3.59. The first kappa shape index (κ1) is 17.4. The van der Waals surface area contributed by atoms with E-state index in [1.807, 2.05) is 11.8 Å². The number of rotatable bonds is 9. The molecule has 0 spiro atoms. The lowest BCUT2D eigenvalue weighted by atomic mass is 10.0. The first-order valence-corrected chi connectivity index (χ1v) is 10.4. The van der Waals surface area contributed by atoms with E-state index in [2.05, 4.69) is 54.7 Å². The molecule has 1 heterocycles. The number of aryl methyl sites for hydroxylation is 1. The van der Waals surface area contributed by atoms with E-state index < -0.39 is 0 Å². The first-order valence-electron chi connectivity index (χ1n) is 9.53. The van der Waals surface area contributed by atoms with Gasteiger partial charge in [0, 0.05) is 9.79 Å². The predicted molar refractivity (Wildman–Crippen MR) is 107 cm³/mol. The third kappa shape index (κ3) is 4.80. The maximum Gasteiger partial charge on any atom is 0.0529 e. The minimum Gasteiger partial charge on any atom is -0.354 e. The van der Waals surface area contributed by atoms with Crippen LogP contribution in [0.4, 0.5) is 11.4 Å².